The SMILES string of the molecule is O=C(NCC1(CCO)CCOCC1)OCc1ccccc1. The van der Waals surface area contributed by atoms with Crippen LogP contribution in [-0.2, 0) is 16.1 Å². The van der Waals surface area contributed by atoms with Crippen molar-refractivity contribution in [2.75, 3.05) is 26.4 Å². The first-order valence-electron chi connectivity index (χ1n) is 7.37. The van der Waals surface area contributed by atoms with Gasteiger partial charge in [-0.3, -0.25) is 0 Å². The van der Waals surface area contributed by atoms with E-state index in [-0.39, 0.29) is 18.6 Å². The van der Waals surface area contributed by atoms with Crippen molar-refractivity contribution in [3.8, 4) is 0 Å². The number of ether oxygens (including phenoxy) is 2. The zero-order chi connectivity index (χ0) is 15.0. The van der Waals surface area contributed by atoms with Gasteiger partial charge in [0.2, 0.25) is 0 Å². The van der Waals surface area contributed by atoms with Crippen molar-refractivity contribution in [2.45, 2.75) is 25.9 Å². The minimum absolute atomic E-state index is 0.0707. The van der Waals surface area contributed by atoms with Crippen molar-refractivity contribution < 1.29 is 19.4 Å². The van der Waals surface area contributed by atoms with E-state index in [2.05, 4.69) is 5.32 Å². The van der Waals surface area contributed by atoms with Crippen molar-refractivity contribution in [1.29, 1.82) is 0 Å². The van der Waals surface area contributed by atoms with Crippen LogP contribution in [0.1, 0.15) is 24.8 Å². The van der Waals surface area contributed by atoms with E-state index in [4.69, 9.17) is 9.47 Å². The molecule has 1 fully saturated rings. The highest BCUT2D eigenvalue weighted by molar-refractivity contribution is 5.67. The molecular weight excluding hydrogens is 270 g/mol. The smallest absolute Gasteiger partial charge is 0.407 e. The highest BCUT2D eigenvalue weighted by atomic mass is 16.5. The largest absolute Gasteiger partial charge is 0.445 e. The van der Waals surface area contributed by atoms with Crippen molar-refractivity contribution >= 4 is 6.09 Å². The molecule has 1 aromatic carbocycles. The molecule has 1 heterocycles. The Morgan fingerprint density at radius 3 is 2.67 bits per heavy atom. The molecule has 0 radical (unpaired) electrons. The molecule has 5 heteroatoms. The Kier molecular flexibility index (Phi) is 6.02. The second-order valence-electron chi connectivity index (χ2n) is 5.50. The third-order valence-electron chi connectivity index (χ3n) is 4.02. The van der Waals surface area contributed by atoms with Crippen LogP contribution in [0.15, 0.2) is 30.3 Å². The number of alkyl carbamates (subject to hydrolysis) is 1. The summed E-state index contributed by atoms with van der Waals surface area (Å²) in [5, 5.41) is 12.0. The zero-order valence-corrected chi connectivity index (χ0v) is 12.2. The van der Waals surface area contributed by atoms with E-state index in [0.717, 1.165) is 18.4 Å². The van der Waals surface area contributed by atoms with Crippen molar-refractivity contribution in [1.82, 2.24) is 5.32 Å². The summed E-state index contributed by atoms with van der Waals surface area (Å²) in [5.41, 5.74) is 0.891. The minimum Gasteiger partial charge on any atom is -0.445 e. The predicted molar refractivity (Wildman–Crippen MR) is 78.8 cm³/mol. The summed E-state index contributed by atoms with van der Waals surface area (Å²) < 4.78 is 10.6. The number of aliphatic hydroxyl groups excluding tert-OH is 1. The molecule has 1 aliphatic heterocycles. The lowest BCUT2D eigenvalue weighted by Gasteiger charge is -2.36. The van der Waals surface area contributed by atoms with E-state index in [9.17, 15) is 9.90 Å². The van der Waals surface area contributed by atoms with E-state index in [1.54, 1.807) is 0 Å². The predicted octanol–water partition coefficient (Wildman–Crippen LogP) is 2.09. The standard InChI is InChI=1S/C16H23NO4/c18-9-6-16(7-10-20-11-8-16)13-17-15(19)21-12-14-4-2-1-3-5-14/h1-5,18H,6-13H2,(H,17,19). The third kappa shape index (κ3) is 5.02. The molecule has 1 amide bonds. The number of hydrogen-bond donors (Lipinski definition) is 2. The molecule has 0 bridgehead atoms. The average Bonchev–Trinajstić information content (AvgIpc) is 2.53. The van der Waals surface area contributed by atoms with Gasteiger partial charge in [0, 0.05) is 26.4 Å². The summed E-state index contributed by atoms with van der Waals surface area (Å²) >= 11 is 0. The molecule has 5 nitrogen and oxygen atoms in total. The number of rotatable bonds is 6. The lowest BCUT2D eigenvalue weighted by molar-refractivity contribution is 0.00219. The van der Waals surface area contributed by atoms with Crippen molar-refractivity contribution in [3.63, 3.8) is 0 Å². The van der Waals surface area contributed by atoms with Gasteiger partial charge in [0.15, 0.2) is 0 Å². The normalized spacial score (nSPS) is 17.2. The molecule has 2 rings (SSSR count). The Morgan fingerprint density at radius 2 is 2.00 bits per heavy atom. The van der Waals surface area contributed by atoms with E-state index in [1.165, 1.54) is 0 Å². The molecule has 0 atom stereocenters. The van der Waals surface area contributed by atoms with Gasteiger partial charge < -0.3 is 19.9 Å². The second kappa shape index (κ2) is 8.00. The molecule has 21 heavy (non-hydrogen) atoms. The lowest BCUT2D eigenvalue weighted by atomic mass is 9.77. The van der Waals surface area contributed by atoms with Gasteiger partial charge in [0.05, 0.1) is 0 Å². The van der Waals surface area contributed by atoms with E-state index in [1.807, 2.05) is 30.3 Å². The molecule has 0 aliphatic carbocycles. The van der Waals surface area contributed by atoms with Crippen LogP contribution in [0, 0.1) is 5.41 Å². The van der Waals surface area contributed by atoms with Crippen LogP contribution >= 0.6 is 0 Å². The van der Waals surface area contributed by atoms with Crippen molar-refractivity contribution in [2.24, 2.45) is 5.41 Å². The molecule has 116 valence electrons. The molecular formula is C16H23NO4. The number of hydrogen-bond acceptors (Lipinski definition) is 4. The summed E-state index contributed by atoms with van der Waals surface area (Å²) in [4.78, 5) is 11.8. The number of benzene rings is 1. The van der Waals surface area contributed by atoms with Crippen LogP contribution in [0.25, 0.3) is 0 Å². The summed E-state index contributed by atoms with van der Waals surface area (Å²) in [5.74, 6) is 0. The van der Waals surface area contributed by atoms with Crippen molar-refractivity contribution in [3.05, 3.63) is 35.9 Å². The van der Waals surface area contributed by atoms with Gasteiger partial charge in [-0.1, -0.05) is 30.3 Å². The Morgan fingerprint density at radius 1 is 1.29 bits per heavy atom. The maximum Gasteiger partial charge on any atom is 0.407 e. The van der Waals surface area contributed by atoms with Crippen LogP contribution < -0.4 is 5.32 Å². The summed E-state index contributed by atoms with van der Waals surface area (Å²) in [6.07, 6.45) is 1.97. The number of carbonyl (C=O) groups excluding carboxylic acids is 1. The monoisotopic (exact) mass is 293 g/mol. The maximum atomic E-state index is 11.8. The van der Waals surface area contributed by atoms with Gasteiger partial charge in [0.25, 0.3) is 0 Å². The fraction of sp³-hybridized carbons (Fsp3) is 0.562. The molecule has 0 saturated carbocycles. The zero-order valence-electron chi connectivity index (χ0n) is 12.2. The molecule has 0 unspecified atom stereocenters. The lowest BCUT2D eigenvalue weighted by Crippen LogP contribution is -2.42. The van der Waals surface area contributed by atoms with Crippen LogP contribution in [0.3, 0.4) is 0 Å². The molecule has 1 aliphatic rings. The molecule has 1 saturated heterocycles. The Bertz CT molecular complexity index is 424. The van der Waals surface area contributed by atoms with Crippen LogP contribution in [0.4, 0.5) is 4.79 Å². The molecule has 1 aromatic rings. The average molecular weight is 293 g/mol. The Balaban J connectivity index is 1.76. The first-order chi connectivity index (χ1) is 10.2. The molecule has 2 N–H and O–H groups in total. The number of amides is 1. The number of nitrogens with one attached hydrogen (secondary N) is 1. The first kappa shape index (κ1) is 15.8. The third-order valence-corrected chi connectivity index (χ3v) is 4.02. The van der Waals surface area contributed by atoms with E-state index in [0.29, 0.717) is 26.2 Å². The summed E-state index contributed by atoms with van der Waals surface area (Å²) in [7, 11) is 0. The Labute approximate surface area is 125 Å². The number of carbonyl (C=O) groups is 1. The number of aliphatic hydroxyl groups is 1. The van der Waals surface area contributed by atoms with Gasteiger partial charge in [-0.15, -0.1) is 0 Å². The van der Waals surface area contributed by atoms with E-state index < -0.39 is 6.09 Å². The van der Waals surface area contributed by atoms with Crippen LogP contribution in [0.2, 0.25) is 0 Å². The first-order valence-corrected chi connectivity index (χ1v) is 7.37. The molecule has 0 spiro atoms. The summed E-state index contributed by atoms with van der Waals surface area (Å²) in [6.45, 7) is 2.27. The quantitative estimate of drug-likeness (QED) is 0.843. The van der Waals surface area contributed by atoms with E-state index >= 15 is 0 Å². The second-order valence-corrected chi connectivity index (χ2v) is 5.50. The van der Waals surface area contributed by atoms with Gasteiger partial charge in [-0.05, 0) is 30.2 Å². The topological polar surface area (TPSA) is 67.8 Å². The summed E-state index contributed by atoms with van der Waals surface area (Å²) in [6, 6.07) is 9.58. The highest BCUT2D eigenvalue weighted by Gasteiger charge is 2.32. The Hall–Kier alpha value is -1.59. The fourth-order valence-corrected chi connectivity index (χ4v) is 2.59. The van der Waals surface area contributed by atoms with Gasteiger partial charge in [-0.25, -0.2) is 4.79 Å². The van der Waals surface area contributed by atoms with Gasteiger partial charge >= 0.3 is 6.09 Å². The van der Waals surface area contributed by atoms with Gasteiger partial charge in [-0.2, -0.15) is 0 Å². The van der Waals surface area contributed by atoms with Crippen LogP contribution in [0.5, 0.6) is 0 Å². The molecule has 0 aromatic heterocycles. The van der Waals surface area contributed by atoms with Crippen LogP contribution in [-0.4, -0.2) is 37.6 Å². The van der Waals surface area contributed by atoms with Gasteiger partial charge in [0.1, 0.15) is 6.61 Å². The highest BCUT2D eigenvalue weighted by Crippen LogP contribution is 2.33. The minimum atomic E-state index is -0.414. The maximum absolute atomic E-state index is 11.8. The fourth-order valence-electron chi connectivity index (χ4n) is 2.59.